The molecule has 2 nitrogen and oxygen atoms in total. The van der Waals surface area contributed by atoms with Crippen molar-refractivity contribution >= 4 is 16.9 Å². The molecule has 0 saturated heterocycles. The number of thioether (sulfide) groups is 1. The number of aliphatic imine (C=N–C) groups is 1. The monoisotopic (exact) mass is 228 g/mol. The molecule has 0 aromatic carbocycles. The van der Waals surface area contributed by atoms with Crippen molar-refractivity contribution < 1.29 is 0 Å². The van der Waals surface area contributed by atoms with Gasteiger partial charge in [0.1, 0.15) is 0 Å². The van der Waals surface area contributed by atoms with E-state index in [1.54, 1.807) is 0 Å². The zero-order valence-corrected chi connectivity index (χ0v) is 11.3. The van der Waals surface area contributed by atoms with Gasteiger partial charge in [0.25, 0.3) is 0 Å². The molecular formula is C12H24N2S. The van der Waals surface area contributed by atoms with Crippen molar-refractivity contribution in [2.24, 2.45) is 16.3 Å². The van der Waals surface area contributed by atoms with Crippen LogP contribution in [-0.4, -0.2) is 24.0 Å². The Bertz CT molecular complexity index is 220. The number of amidine groups is 1. The highest BCUT2D eigenvalue weighted by molar-refractivity contribution is 8.13. The first-order valence-electron chi connectivity index (χ1n) is 5.98. The van der Waals surface area contributed by atoms with Crippen molar-refractivity contribution in [3.63, 3.8) is 0 Å². The van der Waals surface area contributed by atoms with E-state index >= 15 is 0 Å². The topological polar surface area (TPSA) is 24.4 Å². The molecule has 0 radical (unpaired) electrons. The van der Waals surface area contributed by atoms with E-state index in [9.17, 15) is 0 Å². The maximum absolute atomic E-state index is 4.59. The second kappa shape index (κ2) is 5.78. The van der Waals surface area contributed by atoms with E-state index in [2.05, 4.69) is 38.0 Å². The summed E-state index contributed by atoms with van der Waals surface area (Å²) < 4.78 is 0. The van der Waals surface area contributed by atoms with E-state index in [0.717, 1.165) is 24.2 Å². The Morgan fingerprint density at radius 1 is 1.40 bits per heavy atom. The van der Waals surface area contributed by atoms with Crippen LogP contribution in [0.1, 0.15) is 40.5 Å². The fourth-order valence-electron chi connectivity index (χ4n) is 1.56. The van der Waals surface area contributed by atoms with Crippen LogP contribution in [0.2, 0.25) is 0 Å². The van der Waals surface area contributed by atoms with Crippen LogP contribution in [0.15, 0.2) is 4.99 Å². The predicted octanol–water partition coefficient (Wildman–Crippen LogP) is 3.14. The Morgan fingerprint density at radius 2 is 2.07 bits per heavy atom. The highest BCUT2D eigenvalue weighted by Crippen LogP contribution is 2.27. The zero-order valence-electron chi connectivity index (χ0n) is 10.5. The Hall–Kier alpha value is -0.180. The minimum Gasteiger partial charge on any atom is -0.365 e. The van der Waals surface area contributed by atoms with Gasteiger partial charge in [-0.05, 0) is 11.3 Å². The zero-order chi connectivity index (χ0) is 11.3. The molecule has 88 valence electrons. The second-order valence-electron chi connectivity index (χ2n) is 5.14. The molecule has 0 aliphatic carbocycles. The van der Waals surface area contributed by atoms with Crippen LogP contribution in [0, 0.1) is 11.3 Å². The van der Waals surface area contributed by atoms with Crippen molar-refractivity contribution in [1.29, 1.82) is 0 Å². The summed E-state index contributed by atoms with van der Waals surface area (Å²) in [5.41, 5.74) is 0.380. The lowest BCUT2D eigenvalue weighted by atomic mass is 9.97. The molecule has 0 saturated carbocycles. The molecule has 0 fully saturated rings. The molecule has 0 aromatic heterocycles. The molecule has 1 aliphatic heterocycles. The van der Waals surface area contributed by atoms with E-state index in [1.807, 2.05) is 11.8 Å². The van der Waals surface area contributed by atoms with Gasteiger partial charge >= 0.3 is 0 Å². The summed E-state index contributed by atoms with van der Waals surface area (Å²) in [5.74, 6) is 1.98. The van der Waals surface area contributed by atoms with Crippen molar-refractivity contribution in [2.45, 2.75) is 40.5 Å². The highest BCUT2D eigenvalue weighted by Gasteiger charge is 2.23. The largest absolute Gasteiger partial charge is 0.365 e. The maximum atomic E-state index is 4.59. The van der Waals surface area contributed by atoms with Crippen molar-refractivity contribution in [1.82, 2.24) is 5.32 Å². The maximum Gasteiger partial charge on any atom is 0.156 e. The van der Waals surface area contributed by atoms with Crippen LogP contribution in [0.5, 0.6) is 0 Å². The molecule has 3 heteroatoms. The Labute approximate surface area is 98.3 Å². The lowest BCUT2D eigenvalue weighted by Gasteiger charge is -2.28. The first kappa shape index (κ1) is 12.9. The van der Waals surface area contributed by atoms with Gasteiger partial charge in [-0.2, -0.15) is 0 Å². The number of hydrogen-bond donors (Lipinski definition) is 1. The van der Waals surface area contributed by atoms with Gasteiger partial charge < -0.3 is 5.32 Å². The van der Waals surface area contributed by atoms with Gasteiger partial charge in [-0.15, -0.1) is 0 Å². The Kier molecular flexibility index (Phi) is 4.97. The summed E-state index contributed by atoms with van der Waals surface area (Å²) in [4.78, 5) is 4.59. The molecule has 1 heterocycles. The third kappa shape index (κ3) is 4.45. The van der Waals surface area contributed by atoms with Crippen molar-refractivity contribution in [3.8, 4) is 0 Å². The molecule has 0 spiro atoms. The molecule has 1 rings (SSSR count). The molecular weight excluding hydrogens is 204 g/mol. The van der Waals surface area contributed by atoms with Crippen LogP contribution in [0.4, 0.5) is 0 Å². The summed E-state index contributed by atoms with van der Waals surface area (Å²) in [6.45, 7) is 11.1. The van der Waals surface area contributed by atoms with Crippen LogP contribution in [0.25, 0.3) is 0 Å². The van der Waals surface area contributed by atoms with Crippen molar-refractivity contribution in [2.75, 3.05) is 18.8 Å². The van der Waals surface area contributed by atoms with Gasteiger partial charge in [0.2, 0.25) is 0 Å². The average molecular weight is 228 g/mol. The Balaban J connectivity index is 2.31. The number of nitrogens with zero attached hydrogens (tertiary/aromatic N) is 1. The predicted molar refractivity (Wildman–Crippen MR) is 70.6 cm³/mol. The van der Waals surface area contributed by atoms with Gasteiger partial charge in [0.15, 0.2) is 5.17 Å². The quantitative estimate of drug-likeness (QED) is 0.799. The first-order valence-corrected chi connectivity index (χ1v) is 6.97. The van der Waals surface area contributed by atoms with Crippen molar-refractivity contribution in [3.05, 3.63) is 0 Å². The van der Waals surface area contributed by atoms with E-state index in [0.29, 0.717) is 5.41 Å². The van der Waals surface area contributed by atoms with Gasteiger partial charge in [0, 0.05) is 18.8 Å². The van der Waals surface area contributed by atoms with Gasteiger partial charge in [-0.3, -0.25) is 4.99 Å². The molecule has 15 heavy (non-hydrogen) atoms. The van der Waals surface area contributed by atoms with Crippen LogP contribution < -0.4 is 5.32 Å². The molecule has 0 bridgehead atoms. The molecule has 0 aromatic rings. The Morgan fingerprint density at radius 3 is 2.53 bits per heavy atom. The summed E-state index contributed by atoms with van der Waals surface area (Å²) >= 11 is 1.87. The number of hydrogen-bond acceptors (Lipinski definition) is 3. The fourth-order valence-corrected chi connectivity index (χ4v) is 2.52. The standard InChI is InChI=1S/C12H24N2S/c1-5-10(6-2)7-13-11-14-8-12(3,4)9-15-11/h10H,5-9H2,1-4H3,(H,13,14). The first-order chi connectivity index (χ1) is 7.07. The highest BCUT2D eigenvalue weighted by atomic mass is 32.2. The molecule has 0 atom stereocenters. The van der Waals surface area contributed by atoms with E-state index in [4.69, 9.17) is 0 Å². The van der Waals surface area contributed by atoms with E-state index in [-0.39, 0.29) is 0 Å². The van der Waals surface area contributed by atoms with Gasteiger partial charge in [-0.25, -0.2) is 0 Å². The average Bonchev–Trinajstić information content (AvgIpc) is 2.21. The summed E-state index contributed by atoms with van der Waals surface area (Å²) in [6, 6.07) is 0. The van der Waals surface area contributed by atoms with Crippen LogP contribution >= 0.6 is 11.8 Å². The minimum absolute atomic E-state index is 0.380. The fraction of sp³-hybridized carbons (Fsp3) is 0.917. The lowest BCUT2D eigenvalue weighted by Crippen LogP contribution is -2.33. The van der Waals surface area contributed by atoms with E-state index in [1.165, 1.54) is 18.6 Å². The molecule has 0 unspecified atom stereocenters. The summed E-state index contributed by atoms with van der Waals surface area (Å²) in [6.07, 6.45) is 2.51. The SMILES string of the molecule is CCC(CC)CNC1=NCC(C)(C)CS1. The number of nitrogens with one attached hydrogen (secondary N) is 1. The molecule has 1 aliphatic rings. The lowest BCUT2D eigenvalue weighted by molar-refractivity contribution is 0.434. The third-order valence-electron chi connectivity index (χ3n) is 2.95. The number of rotatable bonds is 4. The summed E-state index contributed by atoms with van der Waals surface area (Å²) in [5, 5.41) is 4.63. The van der Waals surface area contributed by atoms with Crippen LogP contribution in [0.3, 0.4) is 0 Å². The minimum atomic E-state index is 0.380. The summed E-state index contributed by atoms with van der Waals surface area (Å²) in [7, 11) is 0. The van der Waals surface area contributed by atoms with Gasteiger partial charge in [0.05, 0.1) is 0 Å². The second-order valence-corrected chi connectivity index (χ2v) is 6.10. The third-order valence-corrected chi connectivity index (χ3v) is 4.42. The molecule has 1 N–H and O–H groups in total. The smallest absolute Gasteiger partial charge is 0.156 e. The van der Waals surface area contributed by atoms with E-state index < -0.39 is 0 Å². The molecule has 0 amide bonds. The van der Waals surface area contributed by atoms with Crippen LogP contribution in [-0.2, 0) is 0 Å². The van der Waals surface area contributed by atoms with Gasteiger partial charge in [-0.1, -0.05) is 52.3 Å². The normalized spacial score (nSPS) is 20.2.